The smallest absolute Gasteiger partial charge is 0.156 e. The highest BCUT2D eigenvalue weighted by Gasteiger charge is 2.32. The first-order valence-corrected chi connectivity index (χ1v) is 12.8. The van der Waals surface area contributed by atoms with Crippen LogP contribution in [0.2, 0.25) is 0 Å². The summed E-state index contributed by atoms with van der Waals surface area (Å²) in [5, 5.41) is -0.252. The molecule has 0 spiro atoms. The monoisotopic (exact) mass is 590 g/mol. The lowest BCUT2D eigenvalue weighted by molar-refractivity contribution is -0.107. The van der Waals surface area contributed by atoms with Gasteiger partial charge in [-0.1, -0.05) is 111 Å². The summed E-state index contributed by atoms with van der Waals surface area (Å²) in [6.45, 7) is 0. The molecule has 0 aliphatic heterocycles. The van der Waals surface area contributed by atoms with Crippen LogP contribution in [0.4, 0.5) is 0 Å². The Morgan fingerprint density at radius 3 is 1.68 bits per heavy atom. The number of hydrogen-bond donors (Lipinski definition) is 0. The van der Waals surface area contributed by atoms with Crippen molar-refractivity contribution in [3.05, 3.63) is 107 Å². The van der Waals surface area contributed by atoms with Crippen molar-refractivity contribution in [3.63, 3.8) is 0 Å². The van der Waals surface area contributed by atoms with Gasteiger partial charge < -0.3 is 9.47 Å². The Morgan fingerprint density at radius 1 is 0.647 bits per heavy atom. The second-order valence-corrected chi connectivity index (χ2v) is 9.62. The topological polar surface area (TPSA) is 18.5 Å². The molecule has 184 valence electrons. The van der Waals surface area contributed by atoms with Gasteiger partial charge >= 0.3 is 0 Å². The molecule has 0 radical (unpaired) electrons. The van der Waals surface area contributed by atoms with Gasteiger partial charge in [0.05, 0.1) is 5.16 Å². The van der Waals surface area contributed by atoms with Crippen molar-refractivity contribution in [2.24, 2.45) is 0 Å². The molecular weight excluding hydrogens is 550 g/mol. The van der Waals surface area contributed by atoms with Crippen LogP contribution in [-0.4, -0.2) is 20.5 Å². The average Bonchev–Trinajstić information content (AvgIpc) is 2.88. The summed E-state index contributed by atoms with van der Waals surface area (Å²) in [5.41, 5.74) is 5.44. The van der Waals surface area contributed by atoms with E-state index in [1.807, 2.05) is 0 Å². The van der Waals surface area contributed by atoms with Gasteiger partial charge in [0, 0.05) is 14.2 Å². The van der Waals surface area contributed by atoms with Gasteiger partial charge in [-0.25, -0.2) is 0 Å². The fourth-order valence-electron chi connectivity index (χ4n) is 4.67. The zero-order valence-electron chi connectivity index (χ0n) is 20.6. The van der Waals surface area contributed by atoms with E-state index in [4.69, 9.17) is 9.47 Å². The van der Waals surface area contributed by atoms with Crippen LogP contribution in [0.15, 0.2) is 84.9 Å². The highest BCUT2D eigenvalue weighted by Crippen LogP contribution is 2.46. The van der Waals surface area contributed by atoms with Crippen LogP contribution in [-0.2, 0) is 21.1 Å². The molecule has 0 heterocycles. The Labute approximate surface area is 226 Å². The summed E-state index contributed by atoms with van der Waals surface area (Å²) >= 11 is 0. The minimum atomic E-state index is -0.252. The number of hydrogen-bond acceptors (Lipinski definition) is 2. The lowest BCUT2D eigenvalue weighted by Gasteiger charge is -2.33. The van der Waals surface area contributed by atoms with Crippen LogP contribution in [0.25, 0.3) is 0 Å². The van der Waals surface area contributed by atoms with Crippen molar-refractivity contribution in [2.75, 3.05) is 14.2 Å². The lowest BCUT2D eigenvalue weighted by atomic mass is 9.81. The van der Waals surface area contributed by atoms with Gasteiger partial charge in [0.1, 0.15) is 0 Å². The van der Waals surface area contributed by atoms with E-state index >= 15 is 0 Å². The maximum Gasteiger partial charge on any atom is 0.156 e. The van der Waals surface area contributed by atoms with Gasteiger partial charge in [-0.05, 0) is 47.9 Å². The summed E-state index contributed by atoms with van der Waals surface area (Å²) in [6.07, 6.45) is 9.52. The highest BCUT2D eigenvalue weighted by atomic mass is 127. The van der Waals surface area contributed by atoms with Crippen molar-refractivity contribution in [1.29, 1.82) is 0 Å². The predicted octanol–water partition coefficient (Wildman–Crippen LogP) is 8.36. The molecule has 1 unspecified atom stereocenters. The fraction of sp³-hybridized carbons (Fsp3) is 0.400. The SMILES string of the molecule is COC(CCCCCCCCc1ccccc1C(P)(c1ccccc1)c1ccccc1)OC.I. The van der Waals surface area contributed by atoms with Gasteiger partial charge in [0.2, 0.25) is 0 Å². The molecule has 0 N–H and O–H groups in total. The number of halogens is 1. The molecule has 3 aromatic carbocycles. The summed E-state index contributed by atoms with van der Waals surface area (Å²) in [4.78, 5) is 0. The quantitative estimate of drug-likeness (QED) is 0.0618. The zero-order chi connectivity index (χ0) is 23.4. The van der Waals surface area contributed by atoms with Gasteiger partial charge in [-0.15, -0.1) is 33.2 Å². The third-order valence-electron chi connectivity index (χ3n) is 6.56. The summed E-state index contributed by atoms with van der Waals surface area (Å²) in [5.74, 6) is 0. The first-order valence-electron chi connectivity index (χ1n) is 12.2. The molecule has 3 aromatic rings. The second-order valence-electron chi connectivity index (χ2n) is 8.76. The maximum absolute atomic E-state index is 5.27. The maximum atomic E-state index is 5.27. The highest BCUT2D eigenvalue weighted by molar-refractivity contribution is 14.0. The van der Waals surface area contributed by atoms with E-state index in [2.05, 4.69) is 94.2 Å². The van der Waals surface area contributed by atoms with Crippen LogP contribution in [0.3, 0.4) is 0 Å². The zero-order valence-corrected chi connectivity index (χ0v) is 24.1. The molecule has 0 aromatic heterocycles. The average molecular weight is 591 g/mol. The molecule has 0 aliphatic rings. The molecular formula is C30H40IO2P. The summed E-state index contributed by atoms with van der Waals surface area (Å²) in [7, 11) is 6.62. The Morgan fingerprint density at radius 2 is 1.12 bits per heavy atom. The number of unbranched alkanes of at least 4 members (excludes halogenated alkanes) is 5. The van der Waals surface area contributed by atoms with Crippen LogP contribution in [0, 0.1) is 0 Å². The number of rotatable bonds is 14. The molecule has 0 saturated carbocycles. The lowest BCUT2D eigenvalue weighted by Crippen LogP contribution is -2.23. The first kappa shape index (κ1) is 29.0. The Hall–Kier alpha value is -1.26. The number of benzene rings is 3. The molecule has 0 amide bonds. The van der Waals surface area contributed by atoms with Crippen molar-refractivity contribution >= 4 is 33.2 Å². The van der Waals surface area contributed by atoms with E-state index in [1.54, 1.807) is 14.2 Å². The molecule has 3 rings (SSSR count). The molecule has 0 aliphatic carbocycles. The third kappa shape index (κ3) is 7.88. The molecule has 34 heavy (non-hydrogen) atoms. The van der Waals surface area contributed by atoms with Gasteiger partial charge in [0.15, 0.2) is 6.29 Å². The van der Waals surface area contributed by atoms with Crippen LogP contribution in [0.5, 0.6) is 0 Å². The van der Waals surface area contributed by atoms with E-state index < -0.39 is 0 Å². The molecule has 0 saturated heterocycles. The first-order chi connectivity index (χ1) is 16.2. The van der Waals surface area contributed by atoms with Gasteiger partial charge in [-0.3, -0.25) is 0 Å². The summed E-state index contributed by atoms with van der Waals surface area (Å²) in [6, 6.07) is 30.7. The van der Waals surface area contributed by atoms with Crippen LogP contribution >= 0.6 is 33.2 Å². The van der Waals surface area contributed by atoms with E-state index in [1.165, 1.54) is 60.8 Å². The van der Waals surface area contributed by atoms with Gasteiger partial charge in [0.25, 0.3) is 0 Å². The van der Waals surface area contributed by atoms with Gasteiger partial charge in [-0.2, -0.15) is 0 Å². The fourth-order valence-corrected chi connectivity index (χ4v) is 5.33. The van der Waals surface area contributed by atoms with Crippen molar-refractivity contribution in [3.8, 4) is 0 Å². The summed E-state index contributed by atoms with van der Waals surface area (Å²) < 4.78 is 10.5. The number of aryl methyl sites for hydroxylation is 1. The number of ether oxygens (including phenoxy) is 2. The molecule has 1 atom stereocenters. The van der Waals surface area contributed by atoms with Crippen LogP contribution in [0.1, 0.15) is 67.2 Å². The Balaban J connectivity index is 0.00000408. The van der Waals surface area contributed by atoms with E-state index in [9.17, 15) is 0 Å². The normalized spacial score (nSPS) is 11.4. The van der Waals surface area contributed by atoms with Crippen molar-refractivity contribution in [1.82, 2.24) is 0 Å². The molecule has 2 nitrogen and oxygen atoms in total. The third-order valence-corrected chi connectivity index (χ3v) is 7.54. The predicted molar refractivity (Wildman–Crippen MR) is 158 cm³/mol. The van der Waals surface area contributed by atoms with E-state index in [-0.39, 0.29) is 35.4 Å². The molecule has 0 bridgehead atoms. The largest absolute Gasteiger partial charge is 0.356 e. The molecule has 0 fully saturated rings. The van der Waals surface area contributed by atoms with E-state index in [0.717, 1.165) is 12.8 Å². The number of methoxy groups -OCH3 is 2. The van der Waals surface area contributed by atoms with Crippen LogP contribution < -0.4 is 0 Å². The Kier molecular flexibility index (Phi) is 13.4. The minimum Gasteiger partial charge on any atom is -0.356 e. The van der Waals surface area contributed by atoms with Crippen molar-refractivity contribution < 1.29 is 9.47 Å². The molecule has 4 heteroatoms. The minimum absolute atomic E-state index is 0. The Bertz CT molecular complexity index is 889. The van der Waals surface area contributed by atoms with Crippen molar-refractivity contribution in [2.45, 2.75) is 62.8 Å². The second kappa shape index (κ2) is 15.7. The standard InChI is InChI=1S/C30H39O2P.HI/c1-31-29(32-2)24-14-6-4-3-5-9-17-25-18-15-16-23-28(25)30(33,26-19-10-7-11-20-26)27-21-12-8-13-22-27;/h7-8,10-13,15-16,18-23,29H,3-6,9,14,17,24,33H2,1-2H3;1H. The van der Waals surface area contributed by atoms with E-state index in [0.29, 0.717) is 0 Å².